The van der Waals surface area contributed by atoms with Crippen LogP contribution in [0.15, 0.2) is 82.7 Å². The highest BCUT2D eigenvalue weighted by molar-refractivity contribution is 7.98. The van der Waals surface area contributed by atoms with Gasteiger partial charge in [0.15, 0.2) is 5.16 Å². The average Bonchev–Trinajstić information content (AvgIpc) is 3.46. The van der Waals surface area contributed by atoms with Crippen LogP contribution in [-0.2, 0) is 36.7 Å². The van der Waals surface area contributed by atoms with Gasteiger partial charge in [-0.1, -0.05) is 79.3 Å². The molecular formula is C33H35F2N5O2S. The van der Waals surface area contributed by atoms with Gasteiger partial charge in [-0.15, -0.1) is 0 Å². The van der Waals surface area contributed by atoms with E-state index in [1.54, 1.807) is 24.3 Å². The van der Waals surface area contributed by atoms with E-state index < -0.39 is 12.2 Å². The lowest BCUT2D eigenvalue weighted by Gasteiger charge is -2.30. The third-order valence-corrected chi connectivity index (χ3v) is 8.72. The standard InChI is InChI=1S/C33H35F2N5O2S/c1-3-30-32(42)36-33(43-22-25-8-14-28(35)15-9-25)40(37-30)21-31(41)39(29-16-17-38(2)20-29)19-24-6-12-27(13-7-24)26-10-4-23(18-34)5-11-26/h4-15,29H,3,16-22H2,1-2H3. The van der Waals surface area contributed by atoms with E-state index in [9.17, 15) is 18.4 Å². The SMILES string of the molecule is CCc1nn(CC(=O)N(Cc2ccc(-c3ccc(CF)cc3)cc2)C2CCN(C)C2)c(SCc2ccc(F)cc2)nc1=O. The quantitative estimate of drug-likeness (QED) is 0.211. The van der Waals surface area contributed by atoms with Crippen LogP contribution in [0, 0.1) is 5.82 Å². The number of carbonyl (C=O) groups excluding carboxylic acids is 1. The molecule has 224 valence electrons. The number of likely N-dealkylation sites (tertiary alicyclic amines) is 1. The number of halogens is 2. The number of hydrogen-bond donors (Lipinski definition) is 0. The second-order valence-corrected chi connectivity index (χ2v) is 11.8. The van der Waals surface area contributed by atoms with Gasteiger partial charge in [-0.2, -0.15) is 10.1 Å². The zero-order valence-corrected chi connectivity index (χ0v) is 25.2. The number of nitrogens with zero attached hydrogens (tertiary/aromatic N) is 5. The Morgan fingerprint density at radius 3 is 2.19 bits per heavy atom. The molecule has 1 saturated heterocycles. The summed E-state index contributed by atoms with van der Waals surface area (Å²) in [5.41, 5.74) is 4.44. The van der Waals surface area contributed by atoms with E-state index in [4.69, 9.17) is 0 Å². The lowest BCUT2D eigenvalue weighted by Crippen LogP contribution is -2.43. The second kappa shape index (κ2) is 14.1. The number of thioether (sulfide) groups is 1. The van der Waals surface area contributed by atoms with E-state index in [1.165, 1.54) is 28.6 Å². The van der Waals surface area contributed by atoms with Crippen molar-refractivity contribution >= 4 is 17.7 Å². The molecule has 2 heterocycles. The molecule has 0 saturated carbocycles. The highest BCUT2D eigenvalue weighted by Crippen LogP contribution is 2.24. The van der Waals surface area contributed by atoms with Crippen molar-refractivity contribution in [2.45, 2.75) is 56.5 Å². The number of rotatable bonds is 11. The molecule has 4 aromatic rings. The first-order valence-corrected chi connectivity index (χ1v) is 15.4. The molecule has 3 aromatic carbocycles. The van der Waals surface area contributed by atoms with Crippen LogP contribution >= 0.6 is 11.8 Å². The fraction of sp³-hybridized carbons (Fsp3) is 0.333. The maximum absolute atomic E-state index is 14.0. The normalized spacial score (nSPS) is 15.1. The van der Waals surface area contributed by atoms with Gasteiger partial charge in [-0.3, -0.25) is 9.59 Å². The van der Waals surface area contributed by atoms with Crippen molar-refractivity contribution in [3.8, 4) is 11.1 Å². The van der Waals surface area contributed by atoms with Gasteiger partial charge in [0.25, 0.3) is 5.56 Å². The van der Waals surface area contributed by atoms with E-state index in [0.717, 1.165) is 41.8 Å². The van der Waals surface area contributed by atoms with Crippen molar-refractivity contribution in [3.05, 3.63) is 111 Å². The molecule has 1 unspecified atom stereocenters. The second-order valence-electron chi connectivity index (χ2n) is 10.8. The molecule has 5 rings (SSSR count). The minimum atomic E-state index is -0.488. The molecule has 1 fully saturated rings. The number of hydrogen-bond acceptors (Lipinski definition) is 6. The zero-order valence-electron chi connectivity index (χ0n) is 24.4. The van der Waals surface area contributed by atoms with Crippen molar-refractivity contribution < 1.29 is 13.6 Å². The van der Waals surface area contributed by atoms with Crippen molar-refractivity contribution in [2.24, 2.45) is 0 Å². The molecular weight excluding hydrogens is 568 g/mol. The summed E-state index contributed by atoms with van der Waals surface area (Å²) in [6, 6.07) is 21.7. The largest absolute Gasteiger partial charge is 0.332 e. The summed E-state index contributed by atoms with van der Waals surface area (Å²) in [5, 5.41) is 4.88. The number of benzene rings is 3. The van der Waals surface area contributed by atoms with Crippen LogP contribution in [0.1, 0.15) is 35.7 Å². The van der Waals surface area contributed by atoms with Gasteiger partial charge in [0, 0.05) is 24.9 Å². The topological polar surface area (TPSA) is 71.3 Å². The first-order chi connectivity index (χ1) is 20.8. The molecule has 1 aliphatic rings. The molecule has 10 heteroatoms. The molecule has 1 aromatic heterocycles. The predicted molar refractivity (Wildman–Crippen MR) is 165 cm³/mol. The Kier molecular flexibility index (Phi) is 9.99. The van der Waals surface area contributed by atoms with Crippen LogP contribution in [0.25, 0.3) is 11.1 Å². The first-order valence-electron chi connectivity index (χ1n) is 14.4. The van der Waals surface area contributed by atoms with Gasteiger partial charge in [0.05, 0.1) is 0 Å². The third kappa shape index (κ3) is 7.74. The van der Waals surface area contributed by atoms with Crippen LogP contribution < -0.4 is 5.56 Å². The first kappa shape index (κ1) is 30.6. The van der Waals surface area contributed by atoms with Crippen LogP contribution in [0.2, 0.25) is 0 Å². The van der Waals surface area contributed by atoms with Crippen molar-refractivity contribution in [1.82, 2.24) is 24.6 Å². The number of alkyl halides is 1. The highest BCUT2D eigenvalue weighted by Gasteiger charge is 2.30. The summed E-state index contributed by atoms with van der Waals surface area (Å²) in [6.45, 7) is 3.41. The third-order valence-electron chi connectivity index (χ3n) is 7.68. The number of aromatic nitrogens is 3. The minimum absolute atomic E-state index is 0.0405. The summed E-state index contributed by atoms with van der Waals surface area (Å²) in [7, 11) is 2.05. The smallest absolute Gasteiger partial charge is 0.295 e. The lowest BCUT2D eigenvalue weighted by atomic mass is 10.0. The molecule has 1 amide bonds. The lowest BCUT2D eigenvalue weighted by molar-refractivity contribution is -0.135. The fourth-order valence-corrected chi connectivity index (χ4v) is 6.08. The predicted octanol–water partition coefficient (Wildman–Crippen LogP) is 5.50. The Labute approximate surface area is 254 Å². The number of amides is 1. The number of carbonyl (C=O) groups is 1. The Bertz CT molecular complexity index is 1590. The maximum atomic E-state index is 14.0. The fourth-order valence-electron chi connectivity index (χ4n) is 5.19. The molecule has 0 N–H and O–H groups in total. The summed E-state index contributed by atoms with van der Waals surface area (Å²) in [5.74, 6) is 0.0336. The molecule has 0 spiro atoms. The van der Waals surface area contributed by atoms with Gasteiger partial charge in [0.1, 0.15) is 24.7 Å². The Hall–Kier alpha value is -3.89. The molecule has 1 aliphatic heterocycles. The van der Waals surface area contributed by atoms with E-state index in [2.05, 4.69) is 22.0 Å². The van der Waals surface area contributed by atoms with Crippen molar-refractivity contribution in [1.29, 1.82) is 0 Å². The van der Waals surface area contributed by atoms with Gasteiger partial charge in [-0.05, 0) is 66.4 Å². The average molecular weight is 604 g/mol. The molecule has 0 bridgehead atoms. The van der Waals surface area contributed by atoms with Crippen LogP contribution in [0.3, 0.4) is 0 Å². The summed E-state index contributed by atoms with van der Waals surface area (Å²) >= 11 is 1.30. The highest BCUT2D eigenvalue weighted by atomic mass is 32.2. The number of aryl methyl sites for hydroxylation is 1. The summed E-state index contributed by atoms with van der Waals surface area (Å²) in [4.78, 5) is 34.9. The van der Waals surface area contributed by atoms with Gasteiger partial charge in [0.2, 0.25) is 5.91 Å². The van der Waals surface area contributed by atoms with Crippen LogP contribution in [-0.4, -0.2) is 56.7 Å². The van der Waals surface area contributed by atoms with Gasteiger partial charge < -0.3 is 9.80 Å². The molecule has 7 nitrogen and oxygen atoms in total. The summed E-state index contributed by atoms with van der Waals surface area (Å²) in [6.07, 6.45) is 1.27. The number of likely N-dealkylation sites (N-methyl/N-ethyl adjacent to an activating group) is 1. The zero-order chi connectivity index (χ0) is 30.3. The van der Waals surface area contributed by atoms with Crippen LogP contribution in [0.5, 0.6) is 0 Å². The van der Waals surface area contributed by atoms with Crippen molar-refractivity contribution in [2.75, 3.05) is 20.1 Å². The van der Waals surface area contributed by atoms with E-state index in [0.29, 0.717) is 35.1 Å². The van der Waals surface area contributed by atoms with Crippen LogP contribution in [0.4, 0.5) is 8.78 Å². The molecule has 0 aliphatic carbocycles. The van der Waals surface area contributed by atoms with Gasteiger partial charge in [-0.25, -0.2) is 13.5 Å². The minimum Gasteiger partial charge on any atom is -0.332 e. The maximum Gasteiger partial charge on any atom is 0.295 e. The molecule has 43 heavy (non-hydrogen) atoms. The van der Waals surface area contributed by atoms with E-state index in [-0.39, 0.29) is 24.3 Å². The van der Waals surface area contributed by atoms with E-state index >= 15 is 0 Å². The Balaban J connectivity index is 1.36. The Morgan fingerprint density at radius 1 is 0.977 bits per heavy atom. The monoisotopic (exact) mass is 603 g/mol. The Morgan fingerprint density at radius 2 is 1.60 bits per heavy atom. The molecule has 0 radical (unpaired) electrons. The van der Waals surface area contributed by atoms with Gasteiger partial charge >= 0.3 is 0 Å². The molecule has 1 atom stereocenters. The summed E-state index contributed by atoms with van der Waals surface area (Å²) < 4.78 is 27.8. The van der Waals surface area contributed by atoms with E-state index in [1.807, 2.05) is 48.2 Å². The van der Waals surface area contributed by atoms with Crippen molar-refractivity contribution in [3.63, 3.8) is 0 Å².